The van der Waals surface area contributed by atoms with Gasteiger partial charge in [-0.15, -0.1) is 0 Å². The molecule has 0 radical (unpaired) electrons. The molecule has 0 saturated heterocycles. The van der Waals surface area contributed by atoms with Crippen LogP contribution in [0, 0.1) is 13.8 Å². The Bertz CT molecular complexity index is 861. The monoisotopic (exact) mass is 332 g/mol. The molecule has 5 heteroatoms. The van der Waals surface area contributed by atoms with E-state index < -0.39 is 0 Å². The first-order valence-electron chi connectivity index (χ1n) is 8.09. The number of nitrogens with zero attached hydrogens (tertiary/aromatic N) is 2. The SMILES string of the molecule is Cc1ccc(Nc2ccc(C(=O)NCc3cccnc3)nc2)c(C)c1. The summed E-state index contributed by atoms with van der Waals surface area (Å²) in [5, 5.41) is 6.16. The van der Waals surface area contributed by atoms with Gasteiger partial charge in [-0.2, -0.15) is 0 Å². The minimum atomic E-state index is -0.207. The number of aromatic nitrogens is 2. The Morgan fingerprint density at radius 2 is 1.96 bits per heavy atom. The molecule has 126 valence electrons. The van der Waals surface area contributed by atoms with Crippen molar-refractivity contribution in [3.63, 3.8) is 0 Å². The van der Waals surface area contributed by atoms with Crippen LogP contribution < -0.4 is 10.6 Å². The van der Waals surface area contributed by atoms with Gasteiger partial charge in [-0.05, 0) is 49.2 Å². The van der Waals surface area contributed by atoms with Crippen LogP contribution in [0.4, 0.5) is 11.4 Å². The van der Waals surface area contributed by atoms with Gasteiger partial charge < -0.3 is 10.6 Å². The second-order valence-corrected chi connectivity index (χ2v) is 5.92. The highest BCUT2D eigenvalue weighted by Crippen LogP contribution is 2.21. The van der Waals surface area contributed by atoms with Crippen molar-refractivity contribution < 1.29 is 4.79 Å². The lowest BCUT2D eigenvalue weighted by atomic mass is 10.1. The number of rotatable bonds is 5. The van der Waals surface area contributed by atoms with Gasteiger partial charge >= 0.3 is 0 Å². The minimum absolute atomic E-state index is 0.207. The molecule has 0 aliphatic carbocycles. The number of hydrogen-bond donors (Lipinski definition) is 2. The normalized spacial score (nSPS) is 10.3. The molecule has 3 rings (SSSR count). The number of hydrogen-bond acceptors (Lipinski definition) is 4. The Morgan fingerprint density at radius 1 is 1.08 bits per heavy atom. The predicted molar refractivity (Wildman–Crippen MR) is 98.8 cm³/mol. The van der Waals surface area contributed by atoms with Crippen LogP contribution in [0.15, 0.2) is 61.1 Å². The predicted octanol–water partition coefficient (Wildman–Crippen LogP) is 3.77. The zero-order valence-corrected chi connectivity index (χ0v) is 14.3. The average Bonchev–Trinajstić information content (AvgIpc) is 2.63. The Hall–Kier alpha value is -3.21. The molecule has 1 amide bonds. The van der Waals surface area contributed by atoms with E-state index in [4.69, 9.17) is 0 Å². The van der Waals surface area contributed by atoms with Crippen LogP contribution in [0.1, 0.15) is 27.2 Å². The van der Waals surface area contributed by atoms with Crippen LogP contribution in [0.3, 0.4) is 0 Å². The summed E-state index contributed by atoms with van der Waals surface area (Å²) < 4.78 is 0. The van der Waals surface area contributed by atoms with Crippen LogP contribution in [0.25, 0.3) is 0 Å². The molecule has 5 nitrogen and oxygen atoms in total. The molecular formula is C20H20N4O. The van der Waals surface area contributed by atoms with Crippen LogP contribution in [-0.2, 0) is 6.54 Å². The van der Waals surface area contributed by atoms with Crippen molar-refractivity contribution in [2.45, 2.75) is 20.4 Å². The highest BCUT2D eigenvalue weighted by Gasteiger charge is 2.07. The van der Waals surface area contributed by atoms with Crippen molar-refractivity contribution in [2.75, 3.05) is 5.32 Å². The van der Waals surface area contributed by atoms with Crippen LogP contribution in [0.2, 0.25) is 0 Å². The van der Waals surface area contributed by atoms with E-state index in [-0.39, 0.29) is 5.91 Å². The number of carbonyl (C=O) groups is 1. The largest absolute Gasteiger partial charge is 0.354 e. The summed E-state index contributed by atoms with van der Waals surface area (Å²) in [7, 11) is 0. The summed E-state index contributed by atoms with van der Waals surface area (Å²) in [6, 6.07) is 13.5. The van der Waals surface area contributed by atoms with Crippen molar-refractivity contribution in [2.24, 2.45) is 0 Å². The number of amides is 1. The molecule has 0 unspecified atom stereocenters. The van der Waals surface area contributed by atoms with Gasteiger partial charge in [0.25, 0.3) is 5.91 Å². The quantitative estimate of drug-likeness (QED) is 0.746. The molecule has 0 bridgehead atoms. The fraction of sp³-hybridized carbons (Fsp3) is 0.150. The Labute approximate surface area is 147 Å². The van der Waals surface area contributed by atoms with E-state index in [2.05, 4.69) is 46.6 Å². The summed E-state index contributed by atoms with van der Waals surface area (Å²) in [5.41, 5.74) is 5.59. The number of carbonyl (C=O) groups excluding carboxylic acids is 1. The van der Waals surface area contributed by atoms with Crippen molar-refractivity contribution in [1.29, 1.82) is 0 Å². The maximum atomic E-state index is 12.2. The summed E-state index contributed by atoms with van der Waals surface area (Å²) in [5.74, 6) is -0.207. The fourth-order valence-electron chi connectivity index (χ4n) is 2.49. The lowest BCUT2D eigenvalue weighted by Gasteiger charge is -2.10. The molecule has 3 aromatic rings. The van der Waals surface area contributed by atoms with E-state index in [1.165, 1.54) is 11.1 Å². The number of nitrogens with one attached hydrogen (secondary N) is 2. The minimum Gasteiger partial charge on any atom is -0.354 e. The van der Waals surface area contributed by atoms with Gasteiger partial charge in [-0.25, -0.2) is 4.98 Å². The molecule has 1 aromatic carbocycles. The third-order valence-corrected chi connectivity index (χ3v) is 3.83. The lowest BCUT2D eigenvalue weighted by molar-refractivity contribution is 0.0946. The van der Waals surface area contributed by atoms with E-state index in [9.17, 15) is 4.79 Å². The molecule has 0 fully saturated rings. The number of aryl methyl sites for hydroxylation is 2. The summed E-state index contributed by atoms with van der Waals surface area (Å²) in [6.07, 6.45) is 5.09. The molecule has 0 spiro atoms. The maximum Gasteiger partial charge on any atom is 0.270 e. The van der Waals surface area contributed by atoms with E-state index in [1.54, 1.807) is 24.7 Å². The topological polar surface area (TPSA) is 66.9 Å². The molecule has 0 aliphatic rings. The van der Waals surface area contributed by atoms with Crippen molar-refractivity contribution in [3.8, 4) is 0 Å². The third kappa shape index (κ3) is 4.41. The summed E-state index contributed by atoms with van der Waals surface area (Å²) >= 11 is 0. The van der Waals surface area contributed by atoms with Gasteiger partial charge in [0.15, 0.2) is 0 Å². The molecule has 2 heterocycles. The first kappa shape index (κ1) is 16.6. The second-order valence-electron chi connectivity index (χ2n) is 5.92. The van der Waals surface area contributed by atoms with Crippen LogP contribution in [0.5, 0.6) is 0 Å². The second kappa shape index (κ2) is 7.57. The fourth-order valence-corrected chi connectivity index (χ4v) is 2.49. The van der Waals surface area contributed by atoms with Crippen molar-refractivity contribution >= 4 is 17.3 Å². The highest BCUT2D eigenvalue weighted by molar-refractivity contribution is 5.92. The average molecular weight is 332 g/mol. The highest BCUT2D eigenvalue weighted by atomic mass is 16.1. The van der Waals surface area contributed by atoms with Gasteiger partial charge in [0.1, 0.15) is 5.69 Å². The first-order chi connectivity index (χ1) is 12.1. The zero-order chi connectivity index (χ0) is 17.6. The van der Waals surface area contributed by atoms with Crippen LogP contribution in [-0.4, -0.2) is 15.9 Å². The summed E-state index contributed by atoms with van der Waals surface area (Å²) in [6.45, 7) is 4.55. The van der Waals surface area contributed by atoms with E-state index >= 15 is 0 Å². The van der Waals surface area contributed by atoms with E-state index in [1.807, 2.05) is 24.3 Å². The smallest absolute Gasteiger partial charge is 0.270 e. The standard InChI is InChI=1S/C20H20N4O/c1-14-5-7-18(15(2)10-14)24-17-6-8-19(22-13-17)20(25)23-12-16-4-3-9-21-11-16/h3-11,13,24H,12H2,1-2H3,(H,23,25). The maximum absolute atomic E-state index is 12.2. The van der Waals surface area contributed by atoms with Crippen LogP contribution >= 0.6 is 0 Å². The van der Waals surface area contributed by atoms with Crippen molar-refractivity contribution in [3.05, 3.63) is 83.4 Å². The summed E-state index contributed by atoms with van der Waals surface area (Å²) in [4.78, 5) is 20.4. The molecule has 0 atom stereocenters. The van der Waals surface area contributed by atoms with Crippen molar-refractivity contribution in [1.82, 2.24) is 15.3 Å². The van der Waals surface area contributed by atoms with Gasteiger partial charge in [0.2, 0.25) is 0 Å². The number of benzene rings is 1. The van der Waals surface area contributed by atoms with Gasteiger partial charge in [-0.1, -0.05) is 23.8 Å². The molecule has 0 aliphatic heterocycles. The van der Waals surface area contributed by atoms with Gasteiger partial charge in [0.05, 0.1) is 11.9 Å². The Kier molecular flexibility index (Phi) is 5.04. The Balaban J connectivity index is 1.62. The van der Waals surface area contributed by atoms with Gasteiger partial charge in [-0.3, -0.25) is 9.78 Å². The van der Waals surface area contributed by atoms with E-state index in [0.717, 1.165) is 16.9 Å². The molecule has 0 saturated carbocycles. The zero-order valence-electron chi connectivity index (χ0n) is 14.3. The lowest BCUT2D eigenvalue weighted by Crippen LogP contribution is -2.23. The molecule has 25 heavy (non-hydrogen) atoms. The first-order valence-corrected chi connectivity index (χ1v) is 8.09. The molecule has 2 aromatic heterocycles. The third-order valence-electron chi connectivity index (χ3n) is 3.83. The molecule has 2 N–H and O–H groups in total. The number of anilines is 2. The van der Waals surface area contributed by atoms with Gasteiger partial charge in [0, 0.05) is 24.6 Å². The van der Waals surface area contributed by atoms with E-state index in [0.29, 0.717) is 12.2 Å². The molecular weight excluding hydrogens is 312 g/mol. The number of pyridine rings is 2. The Morgan fingerprint density at radius 3 is 2.64 bits per heavy atom.